The minimum atomic E-state index is -4.30. The van der Waals surface area contributed by atoms with Crippen molar-refractivity contribution < 1.29 is 22.6 Å². The molecule has 2 aliphatic heterocycles. The molecule has 2 fully saturated rings. The number of aliphatic imine (C=N–C) groups is 1. The SMILES string of the molecule is CN=C(NCCCOCC1CCOC1)N1CCN(Cc2cccc(C(F)(F)F)c2)CC1. The van der Waals surface area contributed by atoms with E-state index in [1.807, 2.05) is 0 Å². The summed E-state index contributed by atoms with van der Waals surface area (Å²) >= 11 is 0. The highest BCUT2D eigenvalue weighted by Crippen LogP contribution is 2.29. The summed E-state index contributed by atoms with van der Waals surface area (Å²) in [5, 5.41) is 3.38. The summed E-state index contributed by atoms with van der Waals surface area (Å²) in [4.78, 5) is 8.75. The Bertz CT molecular complexity index is 700. The number of nitrogens with one attached hydrogen (secondary N) is 1. The van der Waals surface area contributed by atoms with E-state index >= 15 is 0 Å². The molecule has 0 amide bonds. The van der Waals surface area contributed by atoms with E-state index in [0.29, 0.717) is 24.6 Å². The number of nitrogens with zero attached hydrogens (tertiary/aromatic N) is 3. The maximum Gasteiger partial charge on any atom is 0.416 e. The van der Waals surface area contributed by atoms with Crippen LogP contribution in [0.15, 0.2) is 29.3 Å². The summed E-state index contributed by atoms with van der Waals surface area (Å²) in [6, 6.07) is 5.59. The fraction of sp³-hybridized carbons (Fsp3) is 0.682. The van der Waals surface area contributed by atoms with Crippen molar-refractivity contribution >= 4 is 5.96 Å². The Labute approximate surface area is 182 Å². The van der Waals surface area contributed by atoms with Crippen molar-refractivity contribution in [1.82, 2.24) is 15.1 Å². The highest BCUT2D eigenvalue weighted by atomic mass is 19.4. The molecule has 31 heavy (non-hydrogen) atoms. The van der Waals surface area contributed by atoms with Crippen molar-refractivity contribution in [3.05, 3.63) is 35.4 Å². The molecule has 1 aromatic rings. The summed E-state index contributed by atoms with van der Waals surface area (Å²) in [7, 11) is 1.77. The van der Waals surface area contributed by atoms with Gasteiger partial charge in [-0.25, -0.2) is 0 Å². The third-order valence-electron chi connectivity index (χ3n) is 5.67. The average Bonchev–Trinajstić information content (AvgIpc) is 3.27. The molecule has 1 atom stereocenters. The van der Waals surface area contributed by atoms with Gasteiger partial charge in [0.25, 0.3) is 0 Å². The lowest BCUT2D eigenvalue weighted by Gasteiger charge is -2.36. The van der Waals surface area contributed by atoms with Gasteiger partial charge in [-0.15, -0.1) is 0 Å². The lowest BCUT2D eigenvalue weighted by molar-refractivity contribution is -0.137. The number of halogens is 3. The summed E-state index contributed by atoms with van der Waals surface area (Å²) in [6.45, 7) is 7.59. The molecule has 9 heteroatoms. The Hall–Kier alpha value is -1.84. The molecular formula is C22H33F3N4O2. The summed E-state index contributed by atoms with van der Waals surface area (Å²) < 4.78 is 49.8. The van der Waals surface area contributed by atoms with Crippen LogP contribution in [0.4, 0.5) is 13.2 Å². The summed E-state index contributed by atoms with van der Waals surface area (Å²) in [5.41, 5.74) is 0.101. The third kappa shape index (κ3) is 7.66. The van der Waals surface area contributed by atoms with E-state index in [0.717, 1.165) is 77.4 Å². The van der Waals surface area contributed by atoms with Crippen LogP contribution in [0.1, 0.15) is 24.0 Å². The highest BCUT2D eigenvalue weighted by Gasteiger charge is 2.30. The molecule has 2 saturated heterocycles. The van der Waals surface area contributed by atoms with Gasteiger partial charge in [-0.1, -0.05) is 18.2 Å². The number of hydrogen-bond donors (Lipinski definition) is 1. The van der Waals surface area contributed by atoms with Gasteiger partial charge in [0.15, 0.2) is 5.96 Å². The number of benzene rings is 1. The van der Waals surface area contributed by atoms with E-state index in [9.17, 15) is 13.2 Å². The van der Waals surface area contributed by atoms with Crippen LogP contribution >= 0.6 is 0 Å². The first-order valence-electron chi connectivity index (χ1n) is 11.0. The average molecular weight is 443 g/mol. The molecule has 0 spiro atoms. The maximum absolute atomic E-state index is 12.9. The second-order valence-corrected chi connectivity index (χ2v) is 8.09. The lowest BCUT2D eigenvalue weighted by atomic mass is 10.1. The number of ether oxygens (including phenoxy) is 2. The topological polar surface area (TPSA) is 49.3 Å². The second kappa shape index (κ2) is 11.7. The Morgan fingerprint density at radius 3 is 2.74 bits per heavy atom. The van der Waals surface area contributed by atoms with Gasteiger partial charge in [0.2, 0.25) is 0 Å². The lowest BCUT2D eigenvalue weighted by Crippen LogP contribution is -2.52. The van der Waals surface area contributed by atoms with Crippen LogP contribution in [0.25, 0.3) is 0 Å². The molecule has 174 valence electrons. The van der Waals surface area contributed by atoms with Gasteiger partial charge < -0.3 is 19.7 Å². The summed E-state index contributed by atoms with van der Waals surface area (Å²) in [5.74, 6) is 1.40. The van der Waals surface area contributed by atoms with Crippen LogP contribution in [-0.4, -0.2) is 82.0 Å². The van der Waals surface area contributed by atoms with E-state index < -0.39 is 11.7 Å². The Kier molecular flexibility index (Phi) is 8.98. The van der Waals surface area contributed by atoms with Crippen molar-refractivity contribution in [2.45, 2.75) is 25.6 Å². The second-order valence-electron chi connectivity index (χ2n) is 8.09. The van der Waals surface area contributed by atoms with Crippen LogP contribution < -0.4 is 5.32 Å². The first kappa shape index (κ1) is 23.8. The van der Waals surface area contributed by atoms with Crippen LogP contribution in [0.5, 0.6) is 0 Å². The minimum absolute atomic E-state index is 0.521. The number of hydrogen-bond acceptors (Lipinski definition) is 4. The van der Waals surface area contributed by atoms with E-state index in [2.05, 4.69) is 20.1 Å². The van der Waals surface area contributed by atoms with E-state index in [1.54, 1.807) is 13.1 Å². The molecule has 1 unspecified atom stereocenters. The quantitative estimate of drug-likeness (QED) is 0.381. The molecule has 3 rings (SSSR count). The zero-order valence-electron chi connectivity index (χ0n) is 18.2. The van der Waals surface area contributed by atoms with Gasteiger partial charge in [0.05, 0.1) is 18.8 Å². The molecule has 0 aromatic heterocycles. The first-order valence-corrected chi connectivity index (χ1v) is 11.0. The molecule has 0 aliphatic carbocycles. The predicted molar refractivity (Wildman–Crippen MR) is 114 cm³/mol. The molecule has 0 radical (unpaired) electrons. The predicted octanol–water partition coefficient (Wildman–Crippen LogP) is 2.84. The largest absolute Gasteiger partial charge is 0.416 e. The van der Waals surface area contributed by atoms with Gasteiger partial charge in [-0.3, -0.25) is 9.89 Å². The smallest absolute Gasteiger partial charge is 0.381 e. The molecular weight excluding hydrogens is 409 g/mol. The molecule has 1 N–H and O–H groups in total. The zero-order chi connectivity index (χ0) is 22.1. The van der Waals surface area contributed by atoms with Gasteiger partial charge in [0, 0.05) is 65.4 Å². The first-order chi connectivity index (χ1) is 15.0. The van der Waals surface area contributed by atoms with Crippen LogP contribution in [0, 0.1) is 5.92 Å². The van der Waals surface area contributed by atoms with Gasteiger partial charge >= 0.3 is 6.18 Å². The number of rotatable bonds is 8. The normalized spacial score (nSPS) is 21.0. The summed E-state index contributed by atoms with van der Waals surface area (Å²) in [6.07, 6.45) is -2.31. The minimum Gasteiger partial charge on any atom is -0.381 e. The number of piperazine rings is 1. The molecule has 0 bridgehead atoms. The van der Waals surface area contributed by atoms with Crippen molar-refractivity contribution in [3.8, 4) is 0 Å². The van der Waals surface area contributed by atoms with Crippen LogP contribution in [0.2, 0.25) is 0 Å². The van der Waals surface area contributed by atoms with Crippen molar-refractivity contribution in [3.63, 3.8) is 0 Å². The van der Waals surface area contributed by atoms with Crippen LogP contribution in [0.3, 0.4) is 0 Å². The van der Waals surface area contributed by atoms with E-state index in [4.69, 9.17) is 9.47 Å². The zero-order valence-corrected chi connectivity index (χ0v) is 18.2. The number of guanidine groups is 1. The highest BCUT2D eigenvalue weighted by molar-refractivity contribution is 5.79. The fourth-order valence-corrected chi connectivity index (χ4v) is 3.89. The van der Waals surface area contributed by atoms with E-state index in [-0.39, 0.29) is 0 Å². The standard InChI is InChI=1S/C22H33F3N4O2/c1-26-21(27-7-3-12-30-16-19-6-13-31-17-19)29-10-8-28(9-11-29)15-18-4-2-5-20(14-18)22(23,24)25/h2,4-5,14,19H,3,6-13,15-17H2,1H3,(H,26,27). The van der Waals surface area contributed by atoms with E-state index in [1.165, 1.54) is 12.1 Å². The molecule has 2 aliphatic rings. The Balaban J connectivity index is 1.34. The maximum atomic E-state index is 12.9. The van der Waals surface area contributed by atoms with Gasteiger partial charge in [-0.05, 0) is 24.5 Å². The van der Waals surface area contributed by atoms with Crippen molar-refractivity contribution in [2.75, 3.05) is 66.2 Å². The molecule has 0 saturated carbocycles. The van der Waals surface area contributed by atoms with Crippen molar-refractivity contribution in [1.29, 1.82) is 0 Å². The number of alkyl halides is 3. The van der Waals surface area contributed by atoms with Crippen molar-refractivity contribution in [2.24, 2.45) is 10.9 Å². The van der Waals surface area contributed by atoms with Gasteiger partial charge in [-0.2, -0.15) is 13.2 Å². The molecule has 2 heterocycles. The molecule has 6 nitrogen and oxygen atoms in total. The Morgan fingerprint density at radius 2 is 2.06 bits per heavy atom. The Morgan fingerprint density at radius 1 is 1.26 bits per heavy atom. The molecule has 1 aromatic carbocycles. The van der Waals surface area contributed by atoms with Gasteiger partial charge in [0.1, 0.15) is 0 Å². The van der Waals surface area contributed by atoms with Crippen LogP contribution in [-0.2, 0) is 22.2 Å². The monoisotopic (exact) mass is 442 g/mol. The third-order valence-corrected chi connectivity index (χ3v) is 5.67. The fourth-order valence-electron chi connectivity index (χ4n) is 3.89.